The lowest BCUT2D eigenvalue weighted by atomic mass is 9.94. The van der Waals surface area contributed by atoms with Gasteiger partial charge in [-0.05, 0) is 24.8 Å². The third-order valence-electron chi connectivity index (χ3n) is 3.50. The van der Waals surface area contributed by atoms with Crippen molar-refractivity contribution in [2.24, 2.45) is 17.6 Å². The minimum Gasteiger partial charge on any atom is -0.481 e. The maximum absolute atomic E-state index is 10.4. The zero-order valence-electron chi connectivity index (χ0n) is 13.7. The standard InChI is InChI=1S/C8H17NO2.C6H10O7/c1-6(2)3-7(5-9)4-8(10)11;7-2-1-13-6(12,5(10)11)4(9)3(2)8/h6-7H,3-5,9H2,1-2H3,(H,10,11);2-4,7-9,12H,1H2,(H,10,11)/t7-;2-,3+,4-,6?/m00/s1. The Kier molecular flexibility index (Phi) is 9.33. The lowest BCUT2D eigenvalue weighted by Gasteiger charge is -2.38. The van der Waals surface area contributed by atoms with E-state index in [1.165, 1.54) is 0 Å². The molecule has 1 aliphatic rings. The molecule has 0 aromatic carbocycles. The van der Waals surface area contributed by atoms with Crippen LogP contribution in [0.5, 0.6) is 0 Å². The molecule has 0 aliphatic carbocycles. The number of aliphatic hydroxyl groups excluding tert-OH is 3. The van der Waals surface area contributed by atoms with Gasteiger partial charge >= 0.3 is 11.9 Å². The van der Waals surface area contributed by atoms with Gasteiger partial charge in [0.05, 0.1) is 6.61 Å². The molecule has 10 heteroatoms. The van der Waals surface area contributed by atoms with Crippen molar-refractivity contribution in [2.45, 2.75) is 50.8 Å². The van der Waals surface area contributed by atoms with Gasteiger partial charge in [-0.25, -0.2) is 4.79 Å². The van der Waals surface area contributed by atoms with Gasteiger partial charge < -0.3 is 41.1 Å². The van der Waals surface area contributed by atoms with Gasteiger partial charge in [-0.1, -0.05) is 13.8 Å². The maximum Gasteiger partial charge on any atom is 0.367 e. The number of aliphatic hydroxyl groups is 4. The number of ether oxygens (including phenoxy) is 1. The van der Waals surface area contributed by atoms with Crippen molar-refractivity contribution in [3.63, 3.8) is 0 Å². The molecule has 1 heterocycles. The molecule has 0 saturated carbocycles. The monoisotopic (exact) mass is 353 g/mol. The summed E-state index contributed by atoms with van der Waals surface area (Å²) in [7, 11) is 0. The van der Waals surface area contributed by atoms with Gasteiger partial charge in [-0.15, -0.1) is 0 Å². The summed E-state index contributed by atoms with van der Waals surface area (Å²) in [6, 6.07) is 0. The molecule has 5 atom stereocenters. The van der Waals surface area contributed by atoms with Crippen LogP contribution in [0.4, 0.5) is 0 Å². The van der Waals surface area contributed by atoms with Gasteiger partial charge in [-0.3, -0.25) is 4.79 Å². The molecule has 0 radical (unpaired) electrons. The Morgan fingerprint density at radius 3 is 2.17 bits per heavy atom. The highest BCUT2D eigenvalue weighted by atomic mass is 16.7. The van der Waals surface area contributed by atoms with Crippen LogP contribution in [0, 0.1) is 11.8 Å². The van der Waals surface area contributed by atoms with E-state index in [0.29, 0.717) is 12.5 Å². The van der Waals surface area contributed by atoms with Gasteiger partial charge in [0.1, 0.15) is 18.3 Å². The lowest BCUT2D eigenvalue weighted by molar-refractivity contribution is -0.311. The first kappa shape index (κ1) is 22.7. The number of nitrogens with two attached hydrogens (primary N) is 1. The van der Waals surface area contributed by atoms with Crippen molar-refractivity contribution in [3.05, 3.63) is 0 Å². The minimum atomic E-state index is -2.85. The van der Waals surface area contributed by atoms with Crippen molar-refractivity contribution in [1.82, 2.24) is 0 Å². The summed E-state index contributed by atoms with van der Waals surface area (Å²) in [5.41, 5.74) is 5.41. The van der Waals surface area contributed by atoms with Crippen LogP contribution in [0.3, 0.4) is 0 Å². The molecule has 0 amide bonds. The van der Waals surface area contributed by atoms with Gasteiger partial charge in [0.2, 0.25) is 0 Å². The second kappa shape index (κ2) is 9.87. The smallest absolute Gasteiger partial charge is 0.367 e. The fourth-order valence-electron chi connectivity index (χ4n) is 2.20. The normalized spacial score (nSPS) is 31.1. The Hall–Kier alpha value is -1.30. The third-order valence-corrected chi connectivity index (χ3v) is 3.50. The molecule has 0 spiro atoms. The Labute approximate surface area is 139 Å². The first-order valence-corrected chi connectivity index (χ1v) is 7.51. The van der Waals surface area contributed by atoms with Crippen LogP contribution in [-0.2, 0) is 14.3 Å². The molecule has 1 rings (SSSR count). The number of carboxylic acids is 2. The fraction of sp³-hybridized carbons (Fsp3) is 0.857. The molecule has 10 nitrogen and oxygen atoms in total. The highest BCUT2D eigenvalue weighted by molar-refractivity contribution is 5.76. The summed E-state index contributed by atoms with van der Waals surface area (Å²) in [6.07, 6.45) is -4.12. The Morgan fingerprint density at radius 1 is 1.25 bits per heavy atom. The molecular weight excluding hydrogens is 326 g/mol. The zero-order valence-corrected chi connectivity index (χ0v) is 13.7. The molecule has 1 fully saturated rings. The van der Waals surface area contributed by atoms with Crippen molar-refractivity contribution in [2.75, 3.05) is 13.2 Å². The fourth-order valence-corrected chi connectivity index (χ4v) is 2.20. The van der Waals surface area contributed by atoms with E-state index in [9.17, 15) is 9.59 Å². The number of hydrogen-bond donors (Lipinski definition) is 7. The minimum absolute atomic E-state index is 0.146. The largest absolute Gasteiger partial charge is 0.481 e. The van der Waals surface area contributed by atoms with Crippen LogP contribution in [0.1, 0.15) is 26.7 Å². The van der Waals surface area contributed by atoms with Crippen LogP contribution in [0.25, 0.3) is 0 Å². The molecule has 142 valence electrons. The number of rotatable bonds is 6. The van der Waals surface area contributed by atoms with Crippen LogP contribution in [-0.4, -0.2) is 79.8 Å². The SMILES string of the molecule is CC(C)C[C@H](CN)CC(=O)O.O=C(O)C1(O)OC[C@H](O)[C@@H](O)[C@@H]1O. The van der Waals surface area contributed by atoms with Gasteiger partial charge in [-0.2, -0.15) is 0 Å². The molecular formula is C14H27NO9. The molecule has 8 N–H and O–H groups in total. The van der Waals surface area contributed by atoms with Gasteiger partial charge in [0.15, 0.2) is 0 Å². The third kappa shape index (κ3) is 6.67. The van der Waals surface area contributed by atoms with Gasteiger partial charge in [0, 0.05) is 6.42 Å². The van der Waals surface area contributed by atoms with Crippen LogP contribution < -0.4 is 5.73 Å². The van der Waals surface area contributed by atoms with Crippen molar-refractivity contribution < 1.29 is 45.0 Å². The molecule has 0 aromatic heterocycles. The zero-order chi connectivity index (χ0) is 19.1. The Morgan fingerprint density at radius 2 is 1.79 bits per heavy atom. The van der Waals surface area contributed by atoms with E-state index in [1.807, 2.05) is 0 Å². The topological polar surface area (TPSA) is 191 Å². The average Bonchev–Trinajstić information content (AvgIpc) is 2.48. The number of carbonyl (C=O) groups is 2. The summed E-state index contributed by atoms with van der Waals surface area (Å²) < 4.78 is 4.32. The maximum atomic E-state index is 10.4. The molecule has 0 aromatic rings. The highest BCUT2D eigenvalue weighted by Crippen LogP contribution is 2.23. The van der Waals surface area contributed by atoms with Crippen LogP contribution in [0.2, 0.25) is 0 Å². The van der Waals surface area contributed by atoms with Crippen molar-refractivity contribution >= 4 is 11.9 Å². The van der Waals surface area contributed by atoms with E-state index >= 15 is 0 Å². The van der Waals surface area contributed by atoms with Crippen LogP contribution in [0.15, 0.2) is 0 Å². The lowest BCUT2D eigenvalue weighted by Crippen LogP contribution is -2.64. The number of carboxylic acid groups (broad SMARTS) is 2. The summed E-state index contributed by atoms with van der Waals surface area (Å²) in [5, 5.41) is 53.1. The Bertz CT molecular complexity index is 417. The van der Waals surface area contributed by atoms with E-state index in [1.54, 1.807) is 0 Å². The summed E-state index contributed by atoms with van der Waals surface area (Å²) >= 11 is 0. The number of hydrogen-bond acceptors (Lipinski definition) is 8. The summed E-state index contributed by atoms with van der Waals surface area (Å²) in [4.78, 5) is 20.7. The van der Waals surface area contributed by atoms with Crippen LogP contribution >= 0.6 is 0 Å². The van der Waals surface area contributed by atoms with E-state index in [4.69, 9.17) is 36.4 Å². The van der Waals surface area contributed by atoms with E-state index in [0.717, 1.165) is 6.42 Å². The van der Waals surface area contributed by atoms with E-state index in [2.05, 4.69) is 18.6 Å². The molecule has 1 aliphatic heterocycles. The first-order chi connectivity index (χ1) is 11.0. The average molecular weight is 353 g/mol. The quantitative estimate of drug-likeness (QED) is 0.280. The van der Waals surface area contributed by atoms with Crippen molar-refractivity contribution in [3.8, 4) is 0 Å². The predicted octanol–water partition coefficient (Wildman–Crippen LogP) is -2.05. The molecule has 0 bridgehead atoms. The van der Waals surface area contributed by atoms with E-state index < -0.39 is 42.6 Å². The summed E-state index contributed by atoms with van der Waals surface area (Å²) in [6.45, 7) is 4.07. The summed E-state index contributed by atoms with van der Waals surface area (Å²) in [5.74, 6) is -4.74. The van der Waals surface area contributed by atoms with Gasteiger partial charge in [0.25, 0.3) is 5.79 Å². The predicted molar refractivity (Wildman–Crippen MR) is 80.8 cm³/mol. The highest BCUT2D eigenvalue weighted by Gasteiger charge is 2.54. The molecule has 1 unspecified atom stereocenters. The second-order valence-corrected chi connectivity index (χ2v) is 6.14. The first-order valence-electron chi connectivity index (χ1n) is 7.51. The Balaban J connectivity index is 0.000000449. The molecule has 1 saturated heterocycles. The van der Waals surface area contributed by atoms with E-state index in [-0.39, 0.29) is 12.3 Å². The second-order valence-electron chi connectivity index (χ2n) is 6.14. The number of aliphatic carboxylic acids is 2. The van der Waals surface area contributed by atoms with Crippen molar-refractivity contribution in [1.29, 1.82) is 0 Å². The molecule has 24 heavy (non-hydrogen) atoms.